The molecule has 1 fully saturated rings. The van der Waals surface area contributed by atoms with Crippen LogP contribution in [0.3, 0.4) is 0 Å². The van der Waals surface area contributed by atoms with Crippen LogP contribution in [0.15, 0.2) is 47.4 Å². The van der Waals surface area contributed by atoms with E-state index in [-0.39, 0.29) is 30.3 Å². The normalized spacial score (nSPS) is 14.7. The van der Waals surface area contributed by atoms with Crippen LogP contribution in [0.25, 0.3) is 6.08 Å². The summed E-state index contributed by atoms with van der Waals surface area (Å²) in [6, 6.07) is 10.1. The number of rotatable bonds is 8. The van der Waals surface area contributed by atoms with Crippen molar-refractivity contribution in [1.82, 2.24) is 10.2 Å². The maximum atomic E-state index is 12.5. The Kier molecular flexibility index (Phi) is 7.73. The lowest BCUT2D eigenvalue weighted by atomic mass is 10.2. The highest BCUT2D eigenvalue weighted by molar-refractivity contribution is 8.18. The number of carbonyl (C=O) groups excluding carboxylic acids is 3. The summed E-state index contributed by atoms with van der Waals surface area (Å²) in [6.45, 7) is -0.302. The molecule has 1 saturated heterocycles. The molecule has 1 aliphatic rings. The van der Waals surface area contributed by atoms with Gasteiger partial charge in [-0.2, -0.15) is 0 Å². The second-order valence-corrected chi connectivity index (χ2v) is 8.23. The van der Waals surface area contributed by atoms with Gasteiger partial charge in [-0.3, -0.25) is 29.4 Å². The molecule has 166 valence electrons. The number of non-ortho nitro benzene ring substituents is 1. The van der Waals surface area contributed by atoms with Gasteiger partial charge in [0.05, 0.1) is 9.83 Å². The van der Waals surface area contributed by atoms with Crippen LogP contribution in [0, 0.1) is 10.1 Å². The first-order valence-electron chi connectivity index (χ1n) is 9.09. The third-order valence-corrected chi connectivity index (χ3v) is 5.67. The van der Waals surface area contributed by atoms with Crippen LogP contribution in [-0.2, 0) is 9.59 Å². The van der Waals surface area contributed by atoms with Gasteiger partial charge in [-0.05, 0) is 47.7 Å². The predicted molar refractivity (Wildman–Crippen MR) is 121 cm³/mol. The Morgan fingerprint density at radius 3 is 2.56 bits per heavy atom. The van der Waals surface area contributed by atoms with Gasteiger partial charge in [0.2, 0.25) is 0 Å². The van der Waals surface area contributed by atoms with Crippen LogP contribution in [0.1, 0.15) is 5.56 Å². The second kappa shape index (κ2) is 10.5. The third kappa shape index (κ3) is 6.00. The molecule has 3 rings (SSSR count). The van der Waals surface area contributed by atoms with Crippen molar-refractivity contribution in [2.24, 2.45) is 0 Å². The number of benzene rings is 2. The van der Waals surface area contributed by atoms with E-state index in [1.54, 1.807) is 12.1 Å². The maximum absolute atomic E-state index is 12.5. The number of nitrogens with one attached hydrogen (secondary N) is 1. The zero-order chi connectivity index (χ0) is 23.3. The zero-order valence-electron chi connectivity index (χ0n) is 16.2. The van der Waals surface area contributed by atoms with E-state index >= 15 is 0 Å². The van der Waals surface area contributed by atoms with Crippen molar-refractivity contribution in [2.45, 2.75) is 0 Å². The van der Waals surface area contributed by atoms with E-state index in [1.807, 2.05) is 0 Å². The van der Waals surface area contributed by atoms with Gasteiger partial charge in [-0.1, -0.05) is 29.3 Å². The molecule has 9 nitrogen and oxygen atoms in total. The molecule has 0 unspecified atom stereocenters. The molecule has 12 heteroatoms. The van der Waals surface area contributed by atoms with E-state index in [1.165, 1.54) is 36.4 Å². The van der Waals surface area contributed by atoms with Crippen LogP contribution in [0.4, 0.5) is 10.5 Å². The Bertz CT molecular complexity index is 1110. The van der Waals surface area contributed by atoms with Gasteiger partial charge in [0.15, 0.2) is 6.61 Å². The molecular formula is C20H15Cl2N3O6S. The molecule has 3 amide bonds. The molecule has 0 spiro atoms. The first-order chi connectivity index (χ1) is 15.2. The average molecular weight is 496 g/mol. The quantitative estimate of drug-likeness (QED) is 0.332. The number of amides is 3. The standard InChI is InChI=1S/C20H15Cl2N3O6S/c21-13-2-1-12(16(22)10-13)9-17-19(27)24(20(28)32-17)8-7-23-18(26)11-31-15-5-3-14(4-6-15)25(29)30/h1-6,9-10H,7-8,11H2,(H,23,26)/b17-9-. The fourth-order valence-corrected chi connectivity index (χ4v) is 3.94. The number of nitro groups is 1. The Balaban J connectivity index is 1.48. The number of ether oxygens (including phenoxy) is 1. The number of carbonyl (C=O) groups is 3. The summed E-state index contributed by atoms with van der Waals surface area (Å²) in [5.41, 5.74) is 0.463. The molecule has 2 aromatic carbocycles. The van der Waals surface area contributed by atoms with Gasteiger partial charge >= 0.3 is 0 Å². The summed E-state index contributed by atoms with van der Waals surface area (Å²) < 4.78 is 5.25. The average Bonchev–Trinajstić information content (AvgIpc) is 3.02. The van der Waals surface area contributed by atoms with Crippen molar-refractivity contribution in [3.63, 3.8) is 0 Å². The molecule has 1 aliphatic heterocycles. The zero-order valence-corrected chi connectivity index (χ0v) is 18.6. The summed E-state index contributed by atoms with van der Waals surface area (Å²) in [4.78, 5) is 47.9. The van der Waals surface area contributed by atoms with Crippen LogP contribution in [-0.4, -0.2) is 46.6 Å². The number of nitrogens with zero attached hydrogens (tertiary/aromatic N) is 2. The van der Waals surface area contributed by atoms with Gasteiger partial charge in [0.25, 0.3) is 22.7 Å². The third-order valence-electron chi connectivity index (χ3n) is 4.20. The number of hydrogen-bond acceptors (Lipinski definition) is 7. The summed E-state index contributed by atoms with van der Waals surface area (Å²) in [6.07, 6.45) is 1.51. The highest BCUT2D eigenvalue weighted by Gasteiger charge is 2.34. The Labute approximate surface area is 196 Å². The summed E-state index contributed by atoms with van der Waals surface area (Å²) in [5.74, 6) is -0.663. The first-order valence-corrected chi connectivity index (χ1v) is 10.7. The lowest BCUT2D eigenvalue weighted by Crippen LogP contribution is -2.38. The lowest BCUT2D eigenvalue weighted by Gasteiger charge is -2.13. The second-order valence-electron chi connectivity index (χ2n) is 6.39. The summed E-state index contributed by atoms with van der Waals surface area (Å²) in [5, 5.41) is 13.5. The van der Waals surface area contributed by atoms with Gasteiger partial charge in [0.1, 0.15) is 5.75 Å². The van der Waals surface area contributed by atoms with E-state index < -0.39 is 22.0 Å². The minimum atomic E-state index is -0.541. The highest BCUT2D eigenvalue weighted by atomic mass is 35.5. The molecule has 0 atom stereocenters. The van der Waals surface area contributed by atoms with Crippen LogP contribution >= 0.6 is 35.0 Å². The van der Waals surface area contributed by atoms with E-state index in [0.717, 1.165) is 16.7 Å². The molecule has 0 aliphatic carbocycles. The molecule has 1 N–H and O–H groups in total. The van der Waals surface area contributed by atoms with Crippen molar-refractivity contribution < 1.29 is 24.0 Å². The van der Waals surface area contributed by atoms with Gasteiger partial charge in [-0.25, -0.2) is 0 Å². The number of nitro benzene ring substituents is 1. The lowest BCUT2D eigenvalue weighted by molar-refractivity contribution is -0.384. The highest BCUT2D eigenvalue weighted by Crippen LogP contribution is 2.33. The predicted octanol–water partition coefficient (Wildman–Crippen LogP) is 4.13. The molecule has 0 aromatic heterocycles. The Morgan fingerprint density at radius 2 is 1.91 bits per heavy atom. The molecular weight excluding hydrogens is 481 g/mol. The number of thioether (sulfide) groups is 1. The number of imide groups is 1. The van der Waals surface area contributed by atoms with E-state index in [0.29, 0.717) is 21.4 Å². The fraction of sp³-hybridized carbons (Fsp3) is 0.150. The number of halogens is 2. The van der Waals surface area contributed by atoms with Gasteiger partial charge in [0, 0.05) is 35.3 Å². The first kappa shape index (κ1) is 23.6. The molecule has 32 heavy (non-hydrogen) atoms. The molecule has 2 aromatic rings. The van der Waals surface area contributed by atoms with E-state index in [4.69, 9.17) is 27.9 Å². The van der Waals surface area contributed by atoms with Crippen LogP contribution < -0.4 is 10.1 Å². The monoisotopic (exact) mass is 495 g/mol. The number of hydrogen-bond donors (Lipinski definition) is 1. The fourth-order valence-electron chi connectivity index (χ4n) is 2.62. The van der Waals surface area contributed by atoms with E-state index in [9.17, 15) is 24.5 Å². The smallest absolute Gasteiger partial charge is 0.293 e. The maximum Gasteiger partial charge on any atom is 0.293 e. The Hall–Kier alpha value is -3.08. The Morgan fingerprint density at radius 1 is 1.19 bits per heavy atom. The van der Waals surface area contributed by atoms with Crippen molar-refractivity contribution in [2.75, 3.05) is 19.7 Å². The van der Waals surface area contributed by atoms with E-state index in [2.05, 4.69) is 5.32 Å². The van der Waals surface area contributed by atoms with Crippen molar-refractivity contribution in [3.05, 3.63) is 73.1 Å². The molecule has 1 heterocycles. The van der Waals surface area contributed by atoms with Crippen molar-refractivity contribution in [3.8, 4) is 5.75 Å². The molecule has 0 saturated carbocycles. The summed E-state index contributed by atoms with van der Waals surface area (Å²) >= 11 is 12.7. The van der Waals surface area contributed by atoms with Crippen molar-refractivity contribution in [1.29, 1.82) is 0 Å². The topological polar surface area (TPSA) is 119 Å². The van der Waals surface area contributed by atoms with Crippen LogP contribution in [0.2, 0.25) is 10.0 Å². The minimum Gasteiger partial charge on any atom is -0.484 e. The molecule has 0 bridgehead atoms. The largest absolute Gasteiger partial charge is 0.484 e. The van der Waals surface area contributed by atoms with Crippen LogP contribution in [0.5, 0.6) is 5.75 Å². The van der Waals surface area contributed by atoms with Gasteiger partial charge in [-0.15, -0.1) is 0 Å². The summed E-state index contributed by atoms with van der Waals surface area (Å²) in [7, 11) is 0. The minimum absolute atomic E-state index is 0.0143. The van der Waals surface area contributed by atoms with Gasteiger partial charge < -0.3 is 10.1 Å². The molecule has 0 radical (unpaired) electrons. The van der Waals surface area contributed by atoms with Crippen molar-refractivity contribution >= 4 is 63.8 Å². The SMILES string of the molecule is O=C(COc1ccc([N+](=O)[O-])cc1)NCCN1C(=O)S/C(=C\c2ccc(Cl)cc2Cl)C1=O.